The number of nitrogens with zero attached hydrogens (tertiary/aromatic N) is 2. The van der Waals surface area contributed by atoms with Gasteiger partial charge in [0.15, 0.2) is 5.95 Å². The van der Waals surface area contributed by atoms with Crippen molar-refractivity contribution in [3.8, 4) is 11.6 Å². The van der Waals surface area contributed by atoms with E-state index in [1.54, 1.807) is 0 Å². The van der Waals surface area contributed by atoms with Crippen LogP contribution in [0.2, 0.25) is 0 Å². The summed E-state index contributed by atoms with van der Waals surface area (Å²) in [5.41, 5.74) is 2.97. The minimum Gasteiger partial charge on any atom is -0.538 e. The maximum Gasteiger partial charge on any atom is 0.305 e. The fraction of sp³-hybridized carbons (Fsp3) is 0.200. The molecule has 0 fully saturated rings. The van der Waals surface area contributed by atoms with Gasteiger partial charge in [0.1, 0.15) is 0 Å². The van der Waals surface area contributed by atoms with Crippen LogP contribution in [-0.4, -0.2) is 5.27 Å². The molecule has 5 heteroatoms. The summed E-state index contributed by atoms with van der Waals surface area (Å²) in [6.45, 7) is 3.93. The van der Waals surface area contributed by atoms with E-state index in [1.165, 1.54) is 4.68 Å². The maximum absolute atomic E-state index is 11.1. The van der Waals surface area contributed by atoms with Crippen LogP contribution in [-0.2, 0) is 0 Å². The number of hydrogen-bond acceptors (Lipinski definition) is 3. The monoisotopic (exact) mass is 268 g/mol. The number of halogens is 1. The van der Waals surface area contributed by atoms with E-state index in [2.05, 4.69) is 25.7 Å². The summed E-state index contributed by atoms with van der Waals surface area (Å²) in [7, 11) is 0. The summed E-state index contributed by atoms with van der Waals surface area (Å²) in [6, 6.07) is 5.93. The SMILES string of the molecule is Cc1ccc(C)c(-[n+]2noc([O-])c2Br)c1. The lowest BCUT2D eigenvalue weighted by molar-refractivity contribution is -0.681. The fourth-order valence-corrected chi connectivity index (χ4v) is 1.66. The zero-order valence-corrected chi connectivity index (χ0v) is 9.91. The van der Waals surface area contributed by atoms with Crippen molar-refractivity contribution >= 4 is 15.9 Å². The highest BCUT2D eigenvalue weighted by Gasteiger charge is 2.19. The average molecular weight is 269 g/mol. The summed E-state index contributed by atoms with van der Waals surface area (Å²) in [5, 5.41) is 14.8. The second kappa shape index (κ2) is 3.66. The van der Waals surface area contributed by atoms with Crippen LogP contribution in [0, 0.1) is 13.8 Å². The van der Waals surface area contributed by atoms with Crippen LogP contribution in [0.3, 0.4) is 0 Å². The summed E-state index contributed by atoms with van der Waals surface area (Å²) >= 11 is 3.14. The van der Waals surface area contributed by atoms with E-state index in [9.17, 15) is 5.11 Å². The highest BCUT2D eigenvalue weighted by Crippen LogP contribution is 2.18. The third-order valence-electron chi connectivity index (χ3n) is 2.15. The minimum atomic E-state index is -0.476. The number of aromatic nitrogens is 2. The first kappa shape index (κ1) is 10.2. The molecule has 0 unspecified atom stereocenters. The topological polar surface area (TPSA) is 53.0 Å². The van der Waals surface area contributed by atoms with Crippen molar-refractivity contribution in [3.05, 3.63) is 33.9 Å². The first-order valence-electron chi connectivity index (χ1n) is 4.42. The Bertz CT molecular complexity index is 508. The number of aryl methyl sites for hydroxylation is 2. The Morgan fingerprint density at radius 1 is 1.40 bits per heavy atom. The molecule has 1 aromatic carbocycles. The third kappa shape index (κ3) is 1.74. The summed E-state index contributed by atoms with van der Waals surface area (Å²) < 4.78 is 6.31. The Labute approximate surface area is 95.2 Å². The van der Waals surface area contributed by atoms with Crippen LogP contribution in [0.25, 0.3) is 5.69 Å². The van der Waals surface area contributed by atoms with Gasteiger partial charge in [0.25, 0.3) is 0 Å². The number of rotatable bonds is 1. The molecule has 0 amide bonds. The van der Waals surface area contributed by atoms with Crippen LogP contribution in [0.5, 0.6) is 5.95 Å². The molecule has 15 heavy (non-hydrogen) atoms. The molecular weight excluding hydrogens is 260 g/mol. The second-order valence-corrected chi connectivity index (χ2v) is 4.10. The first-order chi connectivity index (χ1) is 7.09. The molecule has 1 aromatic heterocycles. The largest absolute Gasteiger partial charge is 0.538 e. The van der Waals surface area contributed by atoms with Gasteiger partial charge in [0.05, 0.1) is 5.27 Å². The van der Waals surface area contributed by atoms with Crippen LogP contribution in [0.15, 0.2) is 27.3 Å². The van der Waals surface area contributed by atoms with Crippen molar-refractivity contribution in [2.45, 2.75) is 13.8 Å². The zero-order valence-electron chi connectivity index (χ0n) is 8.32. The van der Waals surface area contributed by atoms with Gasteiger partial charge in [-0.25, -0.2) is 0 Å². The smallest absolute Gasteiger partial charge is 0.305 e. The number of hydrogen-bond donors (Lipinski definition) is 0. The molecular formula is C10H9BrN2O2. The van der Waals surface area contributed by atoms with Crippen LogP contribution >= 0.6 is 15.9 Å². The average Bonchev–Trinajstić information content (AvgIpc) is 2.52. The molecule has 0 aliphatic carbocycles. The standard InChI is InChI=1S/C10H9BrN2O2/c1-6-3-4-7(2)8(5-6)13-9(11)10(14)15-12-13/h3-5H,1-2H3. The molecule has 2 aromatic rings. The van der Waals surface area contributed by atoms with E-state index >= 15 is 0 Å². The normalized spacial score (nSPS) is 10.6. The Morgan fingerprint density at radius 3 is 2.73 bits per heavy atom. The summed E-state index contributed by atoms with van der Waals surface area (Å²) in [5.74, 6) is -0.476. The summed E-state index contributed by atoms with van der Waals surface area (Å²) in [4.78, 5) is 0. The van der Waals surface area contributed by atoms with E-state index in [0.717, 1.165) is 16.8 Å². The Kier molecular flexibility index (Phi) is 2.48. The van der Waals surface area contributed by atoms with Gasteiger partial charge in [-0.3, -0.25) is 0 Å². The molecule has 78 valence electrons. The predicted octanol–water partition coefficient (Wildman–Crippen LogP) is 1.40. The fourth-order valence-electron chi connectivity index (χ4n) is 1.34. The highest BCUT2D eigenvalue weighted by atomic mass is 79.9. The van der Waals surface area contributed by atoms with E-state index < -0.39 is 5.95 Å². The quantitative estimate of drug-likeness (QED) is 0.735. The first-order valence-corrected chi connectivity index (χ1v) is 5.21. The molecule has 0 bridgehead atoms. The van der Waals surface area contributed by atoms with Gasteiger partial charge in [-0.05, 0) is 24.1 Å². The van der Waals surface area contributed by atoms with Crippen molar-refractivity contribution in [2.24, 2.45) is 0 Å². The van der Waals surface area contributed by atoms with Crippen LogP contribution in [0.1, 0.15) is 11.1 Å². The van der Waals surface area contributed by atoms with Crippen molar-refractivity contribution < 1.29 is 14.3 Å². The van der Waals surface area contributed by atoms with Crippen molar-refractivity contribution in [1.29, 1.82) is 0 Å². The maximum atomic E-state index is 11.1. The molecule has 0 saturated heterocycles. The predicted molar refractivity (Wildman–Crippen MR) is 54.7 cm³/mol. The third-order valence-corrected chi connectivity index (χ3v) is 2.81. The van der Waals surface area contributed by atoms with Crippen molar-refractivity contribution in [3.63, 3.8) is 0 Å². The molecule has 0 aliphatic heterocycles. The molecule has 0 spiro atoms. The van der Waals surface area contributed by atoms with Gasteiger partial charge >= 0.3 is 4.60 Å². The van der Waals surface area contributed by atoms with E-state index in [0.29, 0.717) is 4.60 Å². The molecule has 4 nitrogen and oxygen atoms in total. The lowest BCUT2D eigenvalue weighted by Gasteiger charge is -1.97. The van der Waals surface area contributed by atoms with Crippen molar-refractivity contribution in [1.82, 2.24) is 5.27 Å². The van der Waals surface area contributed by atoms with Gasteiger partial charge in [-0.15, -0.1) is 0 Å². The van der Waals surface area contributed by atoms with Gasteiger partial charge in [0.2, 0.25) is 5.69 Å². The van der Waals surface area contributed by atoms with E-state index in [1.807, 2.05) is 32.0 Å². The number of benzene rings is 1. The van der Waals surface area contributed by atoms with Gasteiger partial charge < -0.3 is 9.63 Å². The molecule has 2 rings (SSSR count). The Balaban J connectivity index is 2.63. The summed E-state index contributed by atoms with van der Waals surface area (Å²) in [6.07, 6.45) is 0. The van der Waals surface area contributed by atoms with Crippen LogP contribution in [0.4, 0.5) is 0 Å². The van der Waals surface area contributed by atoms with E-state index in [-0.39, 0.29) is 0 Å². The van der Waals surface area contributed by atoms with Crippen molar-refractivity contribution in [2.75, 3.05) is 0 Å². The lowest BCUT2D eigenvalue weighted by Crippen LogP contribution is -2.34. The molecule has 0 aliphatic rings. The Hall–Kier alpha value is -1.36. The molecule has 0 atom stereocenters. The lowest BCUT2D eigenvalue weighted by atomic mass is 10.1. The molecule has 1 heterocycles. The van der Waals surface area contributed by atoms with Gasteiger partial charge in [-0.1, -0.05) is 12.1 Å². The molecule has 0 saturated carbocycles. The zero-order chi connectivity index (χ0) is 11.0. The van der Waals surface area contributed by atoms with Gasteiger partial charge in [0, 0.05) is 27.6 Å². The molecule has 0 radical (unpaired) electrons. The van der Waals surface area contributed by atoms with Crippen LogP contribution < -0.4 is 9.79 Å². The second-order valence-electron chi connectivity index (χ2n) is 3.35. The van der Waals surface area contributed by atoms with E-state index in [4.69, 9.17) is 0 Å². The Morgan fingerprint density at radius 2 is 2.13 bits per heavy atom. The highest BCUT2D eigenvalue weighted by molar-refractivity contribution is 9.10. The molecule has 0 N–H and O–H groups in total. The minimum absolute atomic E-state index is 0.302. The van der Waals surface area contributed by atoms with Gasteiger partial charge in [-0.2, -0.15) is 0 Å².